The maximum atomic E-state index is 12.4. The Morgan fingerprint density at radius 3 is 2.32 bits per heavy atom. The van der Waals surface area contributed by atoms with Crippen LogP contribution in [0, 0.1) is 19.3 Å². The van der Waals surface area contributed by atoms with Crippen LogP contribution in [0.15, 0.2) is 4.42 Å². The summed E-state index contributed by atoms with van der Waals surface area (Å²) < 4.78 is 5.62. The Morgan fingerprint density at radius 2 is 1.86 bits per heavy atom. The quantitative estimate of drug-likeness (QED) is 0.911. The molecule has 1 aromatic rings. The van der Waals surface area contributed by atoms with Gasteiger partial charge in [0, 0.05) is 26.2 Å². The Bertz CT molecular complexity index is 505. The van der Waals surface area contributed by atoms with E-state index in [1.54, 1.807) is 0 Å². The fraction of sp³-hybridized carbons (Fsp3) is 0.750. The first-order chi connectivity index (χ1) is 10.2. The predicted molar refractivity (Wildman–Crippen MR) is 85.3 cm³/mol. The second kappa shape index (κ2) is 6.38. The van der Waals surface area contributed by atoms with Gasteiger partial charge in [0.15, 0.2) is 0 Å². The van der Waals surface area contributed by atoms with Crippen LogP contribution in [-0.4, -0.2) is 52.9 Å². The molecule has 1 aliphatic rings. The van der Waals surface area contributed by atoms with Crippen molar-refractivity contribution in [2.75, 3.05) is 26.2 Å². The highest BCUT2D eigenvalue weighted by Gasteiger charge is 2.32. The lowest BCUT2D eigenvalue weighted by Crippen LogP contribution is -2.56. The minimum absolute atomic E-state index is 0.0509. The highest BCUT2D eigenvalue weighted by Crippen LogP contribution is 2.20. The fourth-order valence-electron chi connectivity index (χ4n) is 2.49. The van der Waals surface area contributed by atoms with E-state index in [0.717, 1.165) is 30.4 Å². The predicted octanol–water partition coefficient (Wildman–Crippen LogP) is 1.31. The topological polar surface area (TPSA) is 75.6 Å². The zero-order valence-electron chi connectivity index (χ0n) is 14.3. The highest BCUT2D eigenvalue weighted by molar-refractivity contribution is 5.82. The van der Waals surface area contributed by atoms with Gasteiger partial charge in [0.2, 0.25) is 11.8 Å². The number of nitrogens with two attached hydrogens (primary N) is 1. The Balaban J connectivity index is 1.86. The first kappa shape index (κ1) is 17.0. The summed E-state index contributed by atoms with van der Waals surface area (Å²) in [6, 6.07) is -0.448. The Kier molecular flexibility index (Phi) is 4.92. The van der Waals surface area contributed by atoms with Crippen molar-refractivity contribution >= 4 is 5.91 Å². The smallest absolute Gasteiger partial charge is 0.240 e. The maximum absolute atomic E-state index is 12.4. The lowest BCUT2D eigenvalue weighted by Gasteiger charge is -2.37. The largest absolute Gasteiger partial charge is 0.444 e. The normalized spacial score (nSPS) is 18.5. The molecule has 6 heteroatoms. The molecule has 1 fully saturated rings. The van der Waals surface area contributed by atoms with E-state index in [-0.39, 0.29) is 11.3 Å². The fourth-order valence-corrected chi connectivity index (χ4v) is 2.49. The molecule has 0 bridgehead atoms. The van der Waals surface area contributed by atoms with Gasteiger partial charge in [0.25, 0.3) is 0 Å². The van der Waals surface area contributed by atoms with Crippen LogP contribution in [0.5, 0.6) is 0 Å². The lowest BCUT2D eigenvalue weighted by atomic mass is 9.86. The summed E-state index contributed by atoms with van der Waals surface area (Å²) in [5.74, 6) is 1.68. The van der Waals surface area contributed by atoms with Gasteiger partial charge in [-0.2, -0.15) is 0 Å². The van der Waals surface area contributed by atoms with E-state index >= 15 is 0 Å². The van der Waals surface area contributed by atoms with E-state index in [1.165, 1.54) is 0 Å². The van der Waals surface area contributed by atoms with Gasteiger partial charge in [-0.1, -0.05) is 20.8 Å². The maximum Gasteiger partial charge on any atom is 0.240 e. The van der Waals surface area contributed by atoms with Crippen molar-refractivity contribution in [3.8, 4) is 0 Å². The SMILES string of the molecule is Cc1nc(CN2CCN(C(=O)C(N)C(C)(C)C)CC2)oc1C. The van der Waals surface area contributed by atoms with Crippen molar-refractivity contribution < 1.29 is 9.21 Å². The van der Waals surface area contributed by atoms with Crippen molar-refractivity contribution in [1.82, 2.24) is 14.8 Å². The number of rotatable bonds is 3. The lowest BCUT2D eigenvalue weighted by molar-refractivity contribution is -0.136. The number of amides is 1. The van der Waals surface area contributed by atoms with E-state index in [0.29, 0.717) is 19.6 Å². The molecular formula is C16H28N4O2. The van der Waals surface area contributed by atoms with Gasteiger partial charge in [0.05, 0.1) is 18.3 Å². The first-order valence-corrected chi connectivity index (χ1v) is 7.88. The molecule has 1 aliphatic heterocycles. The standard InChI is InChI=1S/C16H28N4O2/c1-11-12(2)22-13(18-11)10-19-6-8-20(9-7-19)15(21)14(17)16(3,4)5/h14H,6-10,17H2,1-5H3. The van der Waals surface area contributed by atoms with E-state index in [2.05, 4.69) is 9.88 Å². The molecule has 1 unspecified atom stereocenters. The Morgan fingerprint density at radius 1 is 1.27 bits per heavy atom. The second-order valence-corrected chi connectivity index (χ2v) is 7.19. The molecule has 1 atom stereocenters. The molecule has 124 valence electrons. The minimum Gasteiger partial charge on any atom is -0.444 e. The van der Waals surface area contributed by atoms with Crippen LogP contribution in [0.1, 0.15) is 38.1 Å². The summed E-state index contributed by atoms with van der Waals surface area (Å²) in [5, 5.41) is 0. The first-order valence-electron chi connectivity index (χ1n) is 7.88. The molecule has 2 heterocycles. The van der Waals surface area contributed by atoms with Gasteiger partial charge >= 0.3 is 0 Å². The van der Waals surface area contributed by atoms with E-state index in [9.17, 15) is 4.79 Å². The number of oxazole rings is 1. The number of nitrogens with zero attached hydrogens (tertiary/aromatic N) is 3. The number of hydrogen-bond acceptors (Lipinski definition) is 5. The van der Waals surface area contributed by atoms with Crippen molar-refractivity contribution in [3.63, 3.8) is 0 Å². The number of carbonyl (C=O) groups is 1. The van der Waals surface area contributed by atoms with Crippen molar-refractivity contribution in [2.45, 2.75) is 47.2 Å². The zero-order valence-corrected chi connectivity index (χ0v) is 14.3. The molecule has 0 spiro atoms. The molecule has 1 saturated heterocycles. The highest BCUT2D eigenvalue weighted by atomic mass is 16.4. The molecule has 2 N–H and O–H groups in total. The van der Waals surface area contributed by atoms with Gasteiger partial charge in [-0.05, 0) is 19.3 Å². The molecule has 0 aromatic carbocycles. The zero-order chi connectivity index (χ0) is 16.5. The third kappa shape index (κ3) is 3.87. The number of carbonyl (C=O) groups excluding carboxylic acids is 1. The van der Waals surface area contributed by atoms with Crippen LogP contribution in [-0.2, 0) is 11.3 Å². The van der Waals surface area contributed by atoms with Crippen LogP contribution in [0.4, 0.5) is 0 Å². The molecule has 6 nitrogen and oxygen atoms in total. The Hall–Kier alpha value is -1.40. The summed E-state index contributed by atoms with van der Waals surface area (Å²) in [6.45, 7) is 13.6. The third-order valence-electron chi connectivity index (χ3n) is 4.31. The second-order valence-electron chi connectivity index (χ2n) is 7.19. The summed E-state index contributed by atoms with van der Waals surface area (Å²) >= 11 is 0. The molecule has 1 amide bonds. The molecule has 0 aliphatic carbocycles. The summed E-state index contributed by atoms with van der Waals surface area (Å²) in [4.78, 5) is 21.0. The minimum atomic E-state index is -0.448. The number of piperazine rings is 1. The third-order valence-corrected chi connectivity index (χ3v) is 4.31. The molecule has 0 radical (unpaired) electrons. The van der Waals surface area contributed by atoms with Crippen LogP contribution < -0.4 is 5.73 Å². The van der Waals surface area contributed by atoms with Crippen molar-refractivity contribution in [1.29, 1.82) is 0 Å². The van der Waals surface area contributed by atoms with Gasteiger partial charge in [-0.25, -0.2) is 4.98 Å². The molecule has 2 rings (SSSR count). The van der Waals surface area contributed by atoms with Gasteiger partial charge in [-0.15, -0.1) is 0 Å². The monoisotopic (exact) mass is 308 g/mol. The Labute approximate surface area is 132 Å². The number of hydrogen-bond donors (Lipinski definition) is 1. The van der Waals surface area contributed by atoms with Crippen LogP contribution >= 0.6 is 0 Å². The summed E-state index contributed by atoms with van der Waals surface area (Å²) in [6.07, 6.45) is 0. The molecule has 22 heavy (non-hydrogen) atoms. The van der Waals surface area contributed by atoms with Crippen LogP contribution in [0.25, 0.3) is 0 Å². The number of aryl methyl sites for hydroxylation is 2. The van der Waals surface area contributed by atoms with E-state index in [4.69, 9.17) is 10.2 Å². The van der Waals surface area contributed by atoms with Crippen molar-refractivity contribution in [3.05, 3.63) is 17.3 Å². The average Bonchev–Trinajstić information content (AvgIpc) is 2.75. The number of aromatic nitrogens is 1. The molecule has 1 aromatic heterocycles. The van der Waals surface area contributed by atoms with Crippen LogP contribution in [0.3, 0.4) is 0 Å². The van der Waals surface area contributed by atoms with Gasteiger partial charge in [-0.3, -0.25) is 9.69 Å². The van der Waals surface area contributed by atoms with E-state index < -0.39 is 6.04 Å². The summed E-state index contributed by atoms with van der Waals surface area (Å²) in [5.41, 5.74) is 6.81. The average molecular weight is 308 g/mol. The van der Waals surface area contributed by atoms with Gasteiger partial charge < -0.3 is 15.1 Å². The molecule has 0 saturated carbocycles. The van der Waals surface area contributed by atoms with Crippen molar-refractivity contribution in [2.24, 2.45) is 11.1 Å². The van der Waals surface area contributed by atoms with E-state index in [1.807, 2.05) is 39.5 Å². The van der Waals surface area contributed by atoms with Crippen LogP contribution in [0.2, 0.25) is 0 Å². The summed E-state index contributed by atoms with van der Waals surface area (Å²) in [7, 11) is 0. The molecular weight excluding hydrogens is 280 g/mol. The van der Waals surface area contributed by atoms with Gasteiger partial charge in [0.1, 0.15) is 5.76 Å².